The number of rotatable bonds is 5. The Balaban J connectivity index is 2.14. The van der Waals surface area contributed by atoms with Crippen LogP contribution < -0.4 is 19.5 Å². The first-order valence-corrected chi connectivity index (χ1v) is 7.65. The Morgan fingerprint density at radius 1 is 1.13 bits per heavy atom. The van der Waals surface area contributed by atoms with Crippen LogP contribution in [0.5, 0.6) is 11.8 Å². The fourth-order valence-corrected chi connectivity index (χ4v) is 2.33. The number of amides is 2. The van der Waals surface area contributed by atoms with Gasteiger partial charge in [-0.2, -0.15) is 18.4 Å². The van der Waals surface area contributed by atoms with Crippen LogP contribution in [-0.2, 0) is 10.0 Å². The summed E-state index contributed by atoms with van der Waals surface area (Å²) in [5.41, 5.74) is 0. The highest BCUT2D eigenvalue weighted by molar-refractivity contribution is 7.90. The molecule has 0 saturated heterocycles. The van der Waals surface area contributed by atoms with Crippen LogP contribution in [0.4, 0.5) is 10.7 Å². The number of pyridine rings is 1. The first kappa shape index (κ1) is 16.4. The normalized spacial score (nSPS) is 10.7. The summed E-state index contributed by atoms with van der Waals surface area (Å²) < 4.78 is 35.5. The van der Waals surface area contributed by atoms with Gasteiger partial charge in [0.05, 0.1) is 20.3 Å². The van der Waals surface area contributed by atoms with E-state index in [1.807, 2.05) is 0 Å². The number of anilines is 1. The molecule has 0 aliphatic rings. The van der Waals surface area contributed by atoms with Gasteiger partial charge in [-0.1, -0.05) is 6.07 Å². The molecule has 122 valence electrons. The van der Waals surface area contributed by atoms with E-state index in [-0.39, 0.29) is 22.7 Å². The number of aromatic nitrogens is 3. The number of urea groups is 1. The second kappa shape index (κ2) is 6.87. The molecule has 0 aliphatic heterocycles. The minimum absolute atomic E-state index is 0.139. The first-order chi connectivity index (χ1) is 10.9. The van der Waals surface area contributed by atoms with E-state index in [1.54, 1.807) is 10.8 Å². The molecule has 2 N–H and O–H groups in total. The molecule has 2 heterocycles. The number of methoxy groups -OCH3 is 2. The molecule has 0 bridgehead atoms. The van der Waals surface area contributed by atoms with Crippen molar-refractivity contribution in [3.8, 4) is 11.8 Å². The zero-order valence-corrected chi connectivity index (χ0v) is 13.0. The molecule has 10 nitrogen and oxygen atoms in total. The number of ether oxygens (including phenoxy) is 2. The molecule has 0 spiro atoms. The number of hydrogen-bond acceptors (Lipinski definition) is 8. The summed E-state index contributed by atoms with van der Waals surface area (Å²) in [6.07, 6.45) is 1.29. The topological polar surface area (TPSA) is 132 Å². The second-order valence-corrected chi connectivity index (χ2v) is 5.63. The van der Waals surface area contributed by atoms with E-state index in [4.69, 9.17) is 9.47 Å². The molecule has 0 aromatic carbocycles. The van der Waals surface area contributed by atoms with Gasteiger partial charge in [-0.3, -0.25) is 5.32 Å². The van der Waals surface area contributed by atoms with Crippen molar-refractivity contribution in [3.63, 3.8) is 0 Å². The van der Waals surface area contributed by atoms with Crippen LogP contribution in [0, 0.1) is 0 Å². The van der Waals surface area contributed by atoms with Crippen molar-refractivity contribution in [1.29, 1.82) is 0 Å². The quantitative estimate of drug-likeness (QED) is 0.800. The maximum Gasteiger partial charge on any atom is 0.335 e. The smallest absolute Gasteiger partial charge is 0.335 e. The lowest BCUT2D eigenvalue weighted by Gasteiger charge is -2.09. The zero-order chi connectivity index (χ0) is 16.9. The lowest BCUT2D eigenvalue weighted by Crippen LogP contribution is -2.35. The summed E-state index contributed by atoms with van der Waals surface area (Å²) in [5, 5.41) is 1.89. The average molecular weight is 339 g/mol. The molecule has 0 radical (unpaired) electrons. The van der Waals surface area contributed by atoms with Crippen LogP contribution in [0.2, 0.25) is 0 Å². The Hall–Kier alpha value is -2.95. The van der Waals surface area contributed by atoms with Crippen LogP contribution >= 0.6 is 0 Å². The second-order valence-electron chi connectivity index (χ2n) is 4.00. The molecular formula is C12H13N5O5S. The Labute approximate surface area is 131 Å². The highest BCUT2D eigenvalue weighted by Crippen LogP contribution is 2.17. The van der Waals surface area contributed by atoms with Gasteiger partial charge in [0.25, 0.3) is 10.0 Å². The third-order valence-corrected chi connectivity index (χ3v) is 3.71. The molecule has 2 aromatic heterocycles. The highest BCUT2D eigenvalue weighted by atomic mass is 32.2. The monoisotopic (exact) mass is 339 g/mol. The third kappa shape index (κ3) is 4.26. The van der Waals surface area contributed by atoms with Crippen molar-refractivity contribution >= 4 is 22.0 Å². The van der Waals surface area contributed by atoms with Crippen LogP contribution in [0.25, 0.3) is 0 Å². The lowest BCUT2D eigenvalue weighted by molar-refractivity contribution is 0.256. The molecule has 11 heteroatoms. The summed E-state index contributed by atoms with van der Waals surface area (Å²) in [5.74, 6) is 0.0920. The van der Waals surface area contributed by atoms with E-state index < -0.39 is 16.1 Å². The number of sulfonamides is 1. The van der Waals surface area contributed by atoms with Gasteiger partial charge >= 0.3 is 6.03 Å². The molecule has 0 unspecified atom stereocenters. The van der Waals surface area contributed by atoms with Gasteiger partial charge in [0.15, 0.2) is 5.03 Å². The molecule has 2 aromatic rings. The van der Waals surface area contributed by atoms with Gasteiger partial charge in [0.1, 0.15) is 0 Å². The van der Waals surface area contributed by atoms with Crippen molar-refractivity contribution in [1.82, 2.24) is 19.7 Å². The maximum atomic E-state index is 12.0. The number of nitrogens with one attached hydrogen (secondary N) is 2. The van der Waals surface area contributed by atoms with E-state index in [2.05, 4.69) is 20.3 Å². The molecule has 0 aliphatic carbocycles. The summed E-state index contributed by atoms with van der Waals surface area (Å²) in [7, 11) is -1.36. The van der Waals surface area contributed by atoms with Gasteiger partial charge in [-0.05, 0) is 12.1 Å². The Kier molecular flexibility index (Phi) is 4.91. The minimum Gasteiger partial charge on any atom is -0.481 e. The van der Waals surface area contributed by atoms with Gasteiger partial charge in [0, 0.05) is 6.20 Å². The van der Waals surface area contributed by atoms with E-state index in [1.165, 1.54) is 38.6 Å². The van der Waals surface area contributed by atoms with Crippen molar-refractivity contribution in [2.45, 2.75) is 5.03 Å². The van der Waals surface area contributed by atoms with Crippen LogP contribution in [0.3, 0.4) is 0 Å². The predicted molar refractivity (Wildman–Crippen MR) is 78.7 cm³/mol. The molecule has 2 rings (SSSR count). The largest absolute Gasteiger partial charge is 0.481 e. The van der Waals surface area contributed by atoms with Crippen molar-refractivity contribution in [3.05, 3.63) is 30.5 Å². The fourth-order valence-electron chi connectivity index (χ4n) is 1.48. The number of hydrogen-bond donors (Lipinski definition) is 2. The van der Waals surface area contributed by atoms with Crippen LogP contribution in [0.15, 0.2) is 35.5 Å². The summed E-state index contributed by atoms with van der Waals surface area (Å²) in [6.45, 7) is 0. The molecule has 0 atom stereocenters. The summed E-state index contributed by atoms with van der Waals surface area (Å²) >= 11 is 0. The highest BCUT2D eigenvalue weighted by Gasteiger charge is 2.19. The summed E-state index contributed by atoms with van der Waals surface area (Å²) in [4.78, 5) is 23.2. The lowest BCUT2D eigenvalue weighted by atomic mass is 10.5. The minimum atomic E-state index is -4.10. The first-order valence-electron chi connectivity index (χ1n) is 6.16. The van der Waals surface area contributed by atoms with Crippen molar-refractivity contribution < 1.29 is 22.7 Å². The SMILES string of the molecule is COc1cc(OC)nc(NC(=O)NS(=O)(=O)c2ccccn2)n1. The van der Waals surface area contributed by atoms with Gasteiger partial charge < -0.3 is 9.47 Å². The van der Waals surface area contributed by atoms with Gasteiger partial charge in [-0.25, -0.2) is 14.5 Å². The van der Waals surface area contributed by atoms with E-state index in [9.17, 15) is 13.2 Å². The average Bonchev–Trinajstić information content (AvgIpc) is 2.54. The Morgan fingerprint density at radius 3 is 2.30 bits per heavy atom. The van der Waals surface area contributed by atoms with Crippen molar-refractivity contribution in [2.24, 2.45) is 0 Å². The van der Waals surface area contributed by atoms with E-state index >= 15 is 0 Å². The third-order valence-electron chi connectivity index (χ3n) is 2.46. The summed E-state index contributed by atoms with van der Waals surface area (Å²) in [6, 6.07) is 4.63. The Bertz CT molecular complexity index is 774. The predicted octanol–water partition coefficient (Wildman–Crippen LogP) is 0.399. The molecule has 0 fully saturated rings. The van der Waals surface area contributed by atoms with Gasteiger partial charge in [-0.15, -0.1) is 0 Å². The molecule has 2 amide bonds. The maximum absolute atomic E-state index is 12.0. The molecule has 0 saturated carbocycles. The fraction of sp³-hybridized carbons (Fsp3) is 0.167. The van der Waals surface area contributed by atoms with Crippen molar-refractivity contribution in [2.75, 3.05) is 19.5 Å². The van der Waals surface area contributed by atoms with E-state index in [0.29, 0.717) is 0 Å². The molecular weight excluding hydrogens is 326 g/mol. The van der Waals surface area contributed by atoms with E-state index in [0.717, 1.165) is 0 Å². The van der Waals surface area contributed by atoms with Crippen LogP contribution in [-0.4, -0.2) is 43.6 Å². The van der Waals surface area contributed by atoms with Crippen LogP contribution in [0.1, 0.15) is 0 Å². The molecule has 23 heavy (non-hydrogen) atoms. The number of carbonyl (C=O) groups is 1. The van der Waals surface area contributed by atoms with Gasteiger partial charge in [0.2, 0.25) is 17.7 Å². The number of nitrogens with zero attached hydrogens (tertiary/aromatic N) is 3. The number of carbonyl (C=O) groups excluding carboxylic acids is 1. The zero-order valence-electron chi connectivity index (χ0n) is 12.2. The Morgan fingerprint density at radius 2 is 1.78 bits per heavy atom. The standard InChI is InChI=1S/C12H13N5O5S/c1-21-8-7-9(22-2)15-11(14-8)16-12(18)17-23(19,20)10-5-3-4-6-13-10/h3-7H,1-2H3,(H2,14,15,16,17,18).